The van der Waals surface area contributed by atoms with Crippen molar-refractivity contribution >= 4 is 5.91 Å². The van der Waals surface area contributed by atoms with Crippen LogP contribution < -0.4 is 5.32 Å². The van der Waals surface area contributed by atoms with Gasteiger partial charge in [0.1, 0.15) is 11.5 Å². The predicted octanol–water partition coefficient (Wildman–Crippen LogP) is 2.21. The van der Waals surface area contributed by atoms with E-state index in [4.69, 9.17) is 0 Å². The zero-order valence-corrected chi connectivity index (χ0v) is 12.7. The summed E-state index contributed by atoms with van der Waals surface area (Å²) in [7, 11) is 0. The van der Waals surface area contributed by atoms with Crippen molar-refractivity contribution in [3.63, 3.8) is 0 Å². The van der Waals surface area contributed by atoms with Crippen molar-refractivity contribution in [1.29, 1.82) is 0 Å². The zero-order chi connectivity index (χ0) is 16.1. The quantitative estimate of drug-likeness (QED) is 0.860. The molecule has 2 rings (SSSR count). The average molecular weight is 305 g/mol. The minimum Gasteiger partial charge on any atom is -0.391 e. The fraction of sp³-hybridized carbons (Fsp3) is 0.375. The molecule has 0 aliphatic rings. The van der Waals surface area contributed by atoms with Gasteiger partial charge in [-0.15, -0.1) is 0 Å². The molecule has 0 radical (unpaired) electrons. The minimum absolute atomic E-state index is 0.191. The second-order valence-electron chi connectivity index (χ2n) is 5.16. The maximum absolute atomic E-state index is 13.8. The SMILES string of the molecule is CCCC(O)CNC(=O)c1cnn(-c2ccccc2F)c1C. The first-order chi connectivity index (χ1) is 10.5. The first kappa shape index (κ1) is 16.2. The van der Waals surface area contributed by atoms with E-state index in [-0.39, 0.29) is 12.5 Å². The lowest BCUT2D eigenvalue weighted by atomic mass is 10.2. The third-order valence-electron chi connectivity index (χ3n) is 3.46. The molecule has 1 heterocycles. The van der Waals surface area contributed by atoms with Gasteiger partial charge in [-0.05, 0) is 25.5 Å². The largest absolute Gasteiger partial charge is 0.391 e. The summed E-state index contributed by atoms with van der Waals surface area (Å²) in [5.74, 6) is -0.728. The van der Waals surface area contributed by atoms with Gasteiger partial charge in [0.2, 0.25) is 0 Å². The number of amides is 1. The maximum Gasteiger partial charge on any atom is 0.254 e. The molecule has 1 atom stereocenters. The molecule has 118 valence electrons. The van der Waals surface area contributed by atoms with E-state index in [1.807, 2.05) is 6.92 Å². The number of hydrogen-bond acceptors (Lipinski definition) is 3. The van der Waals surface area contributed by atoms with E-state index in [2.05, 4.69) is 10.4 Å². The summed E-state index contributed by atoms with van der Waals surface area (Å²) in [5, 5.41) is 16.4. The number of hydrogen-bond donors (Lipinski definition) is 2. The van der Waals surface area contributed by atoms with Crippen LogP contribution in [0.25, 0.3) is 5.69 Å². The Labute approximate surface area is 128 Å². The van der Waals surface area contributed by atoms with Gasteiger partial charge in [0.15, 0.2) is 0 Å². The maximum atomic E-state index is 13.8. The predicted molar refractivity (Wildman–Crippen MR) is 81.5 cm³/mol. The summed E-state index contributed by atoms with van der Waals surface area (Å²) < 4.78 is 15.2. The van der Waals surface area contributed by atoms with Crippen molar-refractivity contribution in [3.8, 4) is 5.69 Å². The summed E-state index contributed by atoms with van der Waals surface area (Å²) in [4.78, 5) is 12.1. The highest BCUT2D eigenvalue weighted by molar-refractivity contribution is 5.95. The lowest BCUT2D eigenvalue weighted by molar-refractivity contribution is 0.0909. The number of benzene rings is 1. The fourth-order valence-corrected chi connectivity index (χ4v) is 2.24. The topological polar surface area (TPSA) is 67.2 Å². The third kappa shape index (κ3) is 3.51. The van der Waals surface area contributed by atoms with Crippen molar-refractivity contribution in [3.05, 3.63) is 47.5 Å². The average Bonchev–Trinajstić information content (AvgIpc) is 2.87. The molecule has 5 nitrogen and oxygen atoms in total. The van der Waals surface area contributed by atoms with Crippen LogP contribution in [0.15, 0.2) is 30.5 Å². The van der Waals surface area contributed by atoms with E-state index in [1.165, 1.54) is 16.9 Å². The normalized spacial score (nSPS) is 12.2. The number of aromatic nitrogens is 2. The number of para-hydroxylation sites is 1. The van der Waals surface area contributed by atoms with Crippen molar-refractivity contribution in [1.82, 2.24) is 15.1 Å². The molecule has 1 aromatic carbocycles. The Kier molecular flexibility index (Phi) is 5.27. The molecule has 0 bridgehead atoms. The highest BCUT2D eigenvalue weighted by atomic mass is 19.1. The van der Waals surface area contributed by atoms with Gasteiger partial charge >= 0.3 is 0 Å². The molecule has 2 N–H and O–H groups in total. The Morgan fingerprint density at radius 1 is 1.45 bits per heavy atom. The van der Waals surface area contributed by atoms with Crippen LogP contribution in [0.3, 0.4) is 0 Å². The van der Waals surface area contributed by atoms with Crippen molar-refractivity contribution in [2.45, 2.75) is 32.8 Å². The fourth-order valence-electron chi connectivity index (χ4n) is 2.24. The van der Waals surface area contributed by atoms with Crippen molar-refractivity contribution in [2.24, 2.45) is 0 Å². The lowest BCUT2D eigenvalue weighted by Gasteiger charge is -2.10. The van der Waals surface area contributed by atoms with E-state index in [0.717, 1.165) is 6.42 Å². The van der Waals surface area contributed by atoms with Crippen LogP contribution in [0, 0.1) is 12.7 Å². The Morgan fingerprint density at radius 2 is 2.18 bits per heavy atom. The third-order valence-corrected chi connectivity index (χ3v) is 3.46. The lowest BCUT2D eigenvalue weighted by Crippen LogP contribution is -2.32. The number of halogens is 1. The molecular weight excluding hydrogens is 285 g/mol. The van der Waals surface area contributed by atoms with Gasteiger partial charge in [-0.1, -0.05) is 25.5 Å². The van der Waals surface area contributed by atoms with Crippen LogP contribution in [0.5, 0.6) is 0 Å². The van der Waals surface area contributed by atoms with Gasteiger partial charge in [-0.3, -0.25) is 4.79 Å². The van der Waals surface area contributed by atoms with Crippen LogP contribution in [-0.2, 0) is 0 Å². The summed E-state index contributed by atoms with van der Waals surface area (Å²) in [5.41, 5.74) is 1.21. The highest BCUT2D eigenvalue weighted by Gasteiger charge is 2.17. The van der Waals surface area contributed by atoms with E-state index in [0.29, 0.717) is 23.4 Å². The molecule has 0 saturated carbocycles. The van der Waals surface area contributed by atoms with E-state index >= 15 is 0 Å². The van der Waals surface area contributed by atoms with Gasteiger partial charge in [-0.25, -0.2) is 9.07 Å². The van der Waals surface area contributed by atoms with Crippen LogP contribution in [0.1, 0.15) is 35.8 Å². The number of nitrogens with one attached hydrogen (secondary N) is 1. The molecule has 2 aromatic rings. The van der Waals surface area contributed by atoms with Crippen LogP contribution in [0.2, 0.25) is 0 Å². The summed E-state index contributed by atoms with van der Waals surface area (Å²) in [6, 6.07) is 6.25. The number of aliphatic hydroxyl groups is 1. The van der Waals surface area contributed by atoms with Gasteiger partial charge < -0.3 is 10.4 Å². The number of aliphatic hydroxyl groups excluding tert-OH is 1. The summed E-state index contributed by atoms with van der Waals surface area (Å²) >= 11 is 0. The molecule has 0 aliphatic heterocycles. The first-order valence-corrected chi connectivity index (χ1v) is 7.30. The molecule has 0 aliphatic carbocycles. The molecule has 0 saturated heterocycles. The number of carbonyl (C=O) groups excluding carboxylic acids is 1. The minimum atomic E-state index is -0.559. The van der Waals surface area contributed by atoms with Gasteiger partial charge in [-0.2, -0.15) is 5.10 Å². The van der Waals surface area contributed by atoms with E-state index < -0.39 is 11.9 Å². The van der Waals surface area contributed by atoms with Gasteiger partial charge in [0.05, 0.1) is 23.6 Å². The number of rotatable bonds is 6. The molecule has 22 heavy (non-hydrogen) atoms. The zero-order valence-electron chi connectivity index (χ0n) is 12.7. The molecule has 0 fully saturated rings. The molecule has 1 amide bonds. The Bertz CT molecular complexity index is 655. The van der Waals surface area contributed by atoms with Gasteiger partial charge in [0.25, 0.3) is 5.91 Å². The van der Waals surface area contributed by atoms with E-state index in [1.54, 1.807) is 25.1 Å². The molecular formula is C16H20FN3O2. The van der Waals surface area contributed by atoms with Gasteiger partial charge in [0, 0.05) is 6.54 Å². The van der Waals surface area contributed by atoms with Crippen LogP contribution in [-0.4, -0.2) is 33.4 Å². The first-order valence-electron chi connectivity index (χ1n) is 7.30. The highest BCUT2D eigenvalue weighted by Crippen LogP contribution is 2.16. The van der Waals surface area contributed by atoms with Crippen LogP contribution in [0.4, 0.5) is 4.39 Å². The van der Waals surface area contributed by atoms with Crippen LogP contribution >= 0.6 is 0 Å². The molecule has 0 spiro atoms. The van der Waals surface area contributed by atoms with E-state index in [9.17, 15) is 14.3 Å². The Balaban J connectivity index is 2.14. The summed E-state index contributed by atoms with van der Waals surface area (Å²) in [6.45, 7) is 3.86. The monoisotopic (exact) mass is 305 g/mol. The Hall–Kier alpha value is -2.21. The summed E-state index contributed by atoms with van der Waals surface area (Å²) in [6.07, 6.45) is 2.33. The smallest absolute Gasteiger partial charge is 0.254 e. The molecule has 1 aromatic heterocycles. The Morgan fingerprint density at radius 3 is 2.86 bits per heavy atom. The number of nitrogens with zero attached hydrogens (tertiary/aromatic N) is 2. The second kappa shape index (κ2) is 7.17. The molecule has 1 unspecified atom stereocenters. The van der Waals surface area contributed by atoms with Crippen molar-refractivity contribution < 1.29 is 14.3 Å². The second-order valence-corrected chi connectivity index (χ2v) is 5.16. The molecule has 6 heteroatoms. The standard InChI is InChI=1S/C16H20FN3O2/c1-3-6-12(21)9-18-16(22)13-10-19-20(11(13)2)15-8-5-4-7-14(15)17/h4-5,7-8,10,12,21H,3,6,9H2,1-2H3,(H,18,22). The number of carbonyl (C=O) groups is 1. The van der Waals surface area contributed by atoms with Crippen molar-refractivity contribution in [2.75, 3.05) is 6.54 Å².